The number of anilines is 1. The van der Waals surface area contributed by atoms with Crippen LogP contribution in [0.25, 0.3) is 0 Å². The minimum Gasteiger partial charge on any atom is -0.489 e. The van der Waals surface area contributed by atoms with Crippen LogP contribution in [0.1, 0.15) is 36.1 Å². The summed E-state index contributed by atoms with van der Waals surface area (Å²) in [5.41, 5.74) is 9.66. The molecule has 0 unspecified atom stereocenters. The molecule has 0 saturated carbocycles. The highest BCUT2D eigenvalue weighted by atomic mass is 16.5. The van der Waals surface area contributed by atoms with Gasteiger partial charge in [0, 0.05) is 23.7 Å². The van der Waals surface area contributed by atoms with Crippen LogP contribution in [0.5, 0.6) is 5.75 Å². The van der Waals surface area contributed by atoms with Gasteiger partial charge < -0.3 is 15.2 Å². The molecule has 0 heterocycles. The normalized spacial score (nSPS) is 11.4. The van der Waals surface area contributed by atoms with Crippen molar-refractivity contribution in [3.63, 3.8) is 0 Å². The number of carbonyl (C=O) groups excluding carboxylic acids is 2. The summed E-state index contributed by atoms with van der Waals surface area (Å²) in [4.78, 5) is 24.1. The van der Waals surface area contributed by atoms with Crippen molar-refractivity contribution in [3.05, 3.63) is 69.9 Å². The molecule has 0 aliphatic rings. The van der Waals surface area contributed by atoms with E-state index in [1.807, 2.05) is 19.9 Å². The van der Waals surface area contributed by atoms with E-state index in [2.05, 4.69) is 0 Å². The molecular weight excluding hydrogens is 436 g/mol. The van der Waals surface area contributed by atoms with Crippen LogP contribution in [-0.4, -0.2) is 36.4 Å². The molecule has 0 bridgehead atoms. The second-order valence-electron chi connectivity index (χ2n) is 7.74. The third kappa shape index (κ3) is 5.91. The molecular formula is C24H32N6O4. The zero-order valence-electron chi connectivity index (χ0n) is 20.1. The maximum atomic E-state index is 12.2. The zero-order chi connectivity index (χ0) is 25.6. The minimum atomic E-state index is -0.649. The van der Waals surface area contributed by atoms with E-state index in [9.17, 15) is 9.59 Å². The third-order valence-electron chi connectivity index (χ3n) is 5.26. The summed E-state index contributed by atoms with van der Waals surface area (Å²) in [5, 5.41) is 10.3. The second kappa shape index (κ2) is 11.3. The highest BCUT2D eigenvalue weighted by Gasteiger charge is 2.20. The number of esters is 1. The molecule has 2 aromatic rings. The molecule has 182 valence electrons. The van der Waals surface area contributed by atoms with E-state index in [0.29, 0.717) is 22.6 Å². The lowest BCUT2D eigenvalue weighted by molar-refractivity contribution is -0.138. The fourth-order valence-corrected chi connectivity index (χ4v) is 3.20. The van der Waals surface area contributed by atoms with E-state index in [-0.39, 0.29) is 24.6 Å². The first-order chi connectivity index (χ1) is 16.0. The van der Waals surface area contributed by atoms with Gasteiger partial charge in [0.2, 0.25) is 0 Å². The standard InChI is InChI=1S/C24H32N6O4/c1-6-33-23(31)22(26)16(4)21(25)17-10-11-20(15(3)12-17)34-13-18-14(2)8-7-9-19(18)30(28)24(32)29(5)27/h7-12,25H,6,13,26-28H2,1-5H3/b22-16-,25-21?. The molecule has 7 N–H and O–H groups in total. The molecule has 10 heteroatoms. The molecule has 34 heavy (non-hydrogen) atoms. The highest BCUT2D eigenvalue weighted by molar-refractivity contribution is 6.13. The van der Waals surface area contributed by atoms with Gasteiger partial charge in [0.05, 0.1) is 18.0 Å². The molecule has 0 aromatic heterocycles. The predicted octanol–water partition coefficient (Wildman–Crippen LogP) is 2.65. The van der Waals surface area contributed by atoms with Crippen LogP contribution in [0, 0.1) is 19.3 Å². The Morgan fingerprint density at radius 1 is 1.09 bits per heavy atom. The van der Waals surface area contributed by atoms with Gasteiger partial charge in [0.1, 0.15) is 18.1 Å². The first-order valence-electron chi connectivity index (χ1n) is 10.6. The number of hydrazine groups is 2. The zero-order valence-corrected chi connectivity index (χ0v) is 20.1. The van der Waals surface area contributed by atoms with Gasteiger partial charge >= 0.3 is 12.0 Å². The number of hydrogen-bond donors (Lipinski definition) is 4. The van der Waals surface area contributed by atoms with Gasteiger partial charge in [0.15, 0.2) is 0 Å². The Hall–Kier alpha value is -3.89. The van der Waals surface area contributed by atoms with Crippen LogP contribution in [-0.2, 0) is 16.1 Å². The Morgan fingerprint density at radius 2 is 1.76 bits per heavy atom. The summed E-state index contributed by atoms with van der Waals surface area (Å²) in [6.45, 7) is 7.39. The van der Waals surface area contributed by atoms with Crippen LogP contribution in [0.4, 0.5) is 10.5 Å². The number of nitrogens with two attached hydrogens (primary N) is 3. The fraction of sp³-hybridized carbons (Fsp3) is 0.292. The van der Waals surface area contributed by atoms with Crippen LogP contribution in [0.15, 0.2) is 47.7 Å². The van der Waals surface area contributed by atoms with E-state index >= 15 is 0 Å². The summed E-state index contributed by atoms with van der Waals surface area (Å²) in [5.74, 6) is 11.5. The fourth-order valence-electron chi connectivity index (χ4n) is 3.20. The van der Waals surface area contributed by atoms with Gasteiger partial charge in [-0.05, 0) is 63.1 Å². The maximum Gasteiger partial charge on any atom is 0.354 e. The molecule has 2 rings (SSSR count). The second-order valence-corrected chi connectivity index (χ2v) is 7.74. The molecule has 10 nitrogen and oxygen atoms in total. The van der Waals surface area contributed by atoms with Crippen LogP contribution >= 0.6 is 0 Å². The summed E-state index contributed by atoms with van der Waals surface area (Å²) < 4.78 is 10.9. The van der Waals surface area contributed by atoms with Gasteiger partial charge in [-0.3, -0.25) is 10.4 Å². The number of rotatable bonds is 8. The van der Waals surface area contributed by atoms with Crippen LogP contribution < -0.4 is 27.2 Å². The van der Waals surface area contributed by atoms with Gasteiger partial charge in [-0.1, -0.05) is 12.1 Å². The van der Waals surface area contributed by atoms with Crippen molar-refractivity contribution in [3.8, 4) is 5.75 Å². The average Bonchev–Trinajstić information content (AvgIpc) is 2.81. The molecule has 0 spiro atoms. The third-order valence-corrected chi connectivity index (χ3v) is 5.26. The van der Waals surface area contributed by atoms with Crippen molar-refractivity contribution >= 4 is 23.4 Å². The number of benzene rings is 2. The number of nitrogens with one attached hydrogen (secondary N) is 1. The number of aryl methyl sites for hydroxylation is 2. The quantitative estimate of drug-likeness (QED) is 0.116. The monoisotopic (exact) mass is 468 g/mol. The highest BCUT2D eigenvalue weighted by Crippen LogP contribution is 2.27. The molecule has 0 saturated heterocycles. The number of ether oxygens (including phenoxy) is 2. The van der Waals surface area contributed by atoms with Crippen LogP contribution in [0.2, 0.25) is 0 Å². The number of hydrogen-bond acceptors (Lipinski definition) is 8. The van der Waals surface area contributed by atoms with E-state index in [1.54, 1.807) is 44.2 Å². The summed E-state index contributed by atoms with van der Waals surface area (Å²) in [6, 6.07) is 10.1. The Balaban J connectivity index is 2.26. The number of carbonyl (C=O) groups is 2. The van der Waals surface area contributed by atoms with Crippen molar-refractivity contribution in [2.75, 3.05) is 18.7 Å². The van der Waals surface area contributed by atoms with Gasteiger partial charge in [0.25, 0.3) is 0 Å². The lowest BCUT2D eigenvalue weighted by atomic mass is 10.00. The lowest BCUT2D eigenvalue weighted by Crippen LogP contribution is -2.49. The largest absolute Gasteiger partial charge is 0.489 e. The lowest BCUT2D eigenvalue weighted by Gasteiger charge is -2.24. The topological polar surface area (TPSA) is 161 Å². The Morgan fingerprint density at radius 3 is 2.35 bits per heavy atom. The van der Waals surface area contributed by atoms with E-state index < -0.39 is 12.0 Å². The molecule has 0 aliphatic carbocycles. The van der Waals surface area contributed by atoms with Crippen LogP contribution in [0.3, 0.4) is 0 Å². The summed E-state index contributed by atoms with van der Waals surface area (Å²) in [6.07, 6.45) is 0. The SMILES string of the molecule is CCOC(=O)/C(N)=C(\C)C(=N)c1ccc(OCc2c(C)cccc2N(N)C(=O)N(C)N)c(C)c1. The maximum absolute atomic E-state index is 12.2. The predicted molar refractivity (Wildman–Crippen MR) is 131 cm³/mol. The van der Waals surface area contributed by atoms with Gasteiger partial charge in [-0.2, -0.15) is 0 Å². The molecule has 2 aromatic carbocycles. The average molecular weight is 469 g/mol. The van der Waals surface area contributed by atoms with E-state index in [0.717, 1.165) is 26.7 Å². The van der Waals surface area contributed by atoms with E-state index in [1.165, 1.54) is 7.05 Å². The minimum absolute atomic E-state index is 0.0964. The molecule has 0 radical (unpaired) electrons. The Bertz CT molecular complexity index is 1130. The van der Waals surface area contributed by atoms with Gasteiger partial charge in [-0.15, -0.1) is 0 Å². The van der Waals surface area contributed by atoms with Crippen molar-refractivity contribution in [1.82, 2.24) is 5.01 Å². The van der Waals surface area contributed by atoms with Crippen molar-refractivity contribution < 1.29 is 19.1 Å². The number of nitrogens with zero attached hydrogens (tertiary/aromatic N) is 2. The smallest absolute Gasteiger partial charge is 0.354 e. The molecule has 0 aliphatic heterocycles. The summed E-state index contributed by atoms with van der Waals surface area (Å²) in [7, 11) is 1.41. The first-order valence-corrected chi connectivity index (χ1v) is 10.6. The Labute approximate surface area is 199 Å². The number of urea groups is 1. The number of amides is 2. The molecule has 0 fully saturated rings. The molecule has 0 atom stereocenters. The van der Waals surface area contributed by atoms with Crippen molar-refractivity contribution in [2.24, 2.45) is 17.4 Å². The van der Waals surface area contributed by atoms with Gasteiger partial charge in [-0.25, -0.2) is 26.3 Å². The van der Waals surface area contributed by atoms with Crippen molar-refractivity contribution in [1.29, 1.82) is 5.41 Å². The number of allylic oxidation sites excluding steroid dienone is 1. The van der Waals surface area contributed by atoms with Crippen molar-refractivity contribution in [2.45, 2.75) is 34.3 Å². The van der Waals surface area contributed by atoms with E-state index in [4.69, 9.17) is 32.3 Å². The first kappa shape index (κ1) is 26.4. The Kier molecular flexibility index (Phi) is 8.76. The summed E-state index contributed by atoms with van der Waals surface area (Å²) >= 11 is 0. The molecule has 2 amide bonds.